The molecule has 0 unspecified atom stereocenters. The minimum atomic E-state index is 0.422. The number of rotatable bonds is 2. The second kappa shape index (κ2) is 3.75. The number of anilines is 1. The van der Waals surface area contributed by atoms with Crippen molar-refractivity contribution in [2.75, 3.05) is 11.7 Å². The van der Waals surface area contributed by atoms with E-state index in [2.05, 4.69) is 15.4 Å². The fraction of sp³-hybridized carbons (Fsp3) is 0.200. The number of hydrazine groups is 1. The van der Waals surface area contributed by atoms with Gasteiger partial charge in [0.25, 0.3) is 0 Å². The average molecular weight is 191 g/mol. The molecule has 0 aromatic carbocycles. The maximum atomic E-state index is 5.68. The van der Waals surface area contributed by atoms with E-state index in [1.807, 2.05) is 6.26 Å². The topological polar surface area (TPSA) is 63.8 Å². The van der Waals surface area contributed by atoms with Gasteiger partial charge in [-0.1, -0.05) is 23.4 Å². The molecule has 0 fully saturated rings. The smallest absolute Gasteiger partial charge is 0.189 e. The Balaban J connectivity index is 3.02. The summed E-state index contributed by atoms with van der Waals surface area (Å²) in [6, 6.07) is 0. The highest BCUT2D eigenvalue weighted by Crippen LogP contribution is 2.19. The van der Waals surface area contributed by atoms with Crippen LogP contribution >= 0.6 is 23.4 Å². The highest BCUT2D eigenvalue weighted by atomic mass is 35.5. The molecule has 4 nitrogen and oxygen atoms in total. The highest BCUT2D eigenvalue weighted by Gasteiger charge is 2.01. The number of hydrogen-bond donors (Lipinski definition) is 2. The summed E-state index contributed by atoms with van der Waals surface area (Å²) in [7, 11) is 0. The van der Waals surface area contributed by atoms with Crippen molar-refractivity contribution in [2.45, 2.75) is 5.16 Å². The summed E-state index contributed by atoms with van der Waals surface area (Å²) < 4.78 is 0. The third-order valence-corrected chi connectivity index (χ3v) is 1.88. The van der Waals surface area contributed by atoms with Gasteiger partial charge in [0.15, 0.2) is 11.0 Å². The molecule has 0 saturated carbocycles. The number of aromatic nitrogens is 2. The van der Waals surface area contributed by atoms with Crippen molar-refractivity contribution in [1.29, 1.82) is 0 Å². The SMILES string of the molecule is CSc1ncc(Cl)c(NN)n1. The molecule has 1 rings (SSSR count). The molecule has 0 radical (unpaired) electrons. The first-order chi connectivity index (χ1) is 5.27. The van der Waals surface area contributed by atoms with E-state index in [9.17, 15) is 0 Å². The van der Waals surface area contributed by atoms with Gasteiger partial charge in [0.1, 0.15) is 5.02 Å². The number of nitrogens with two attached hydrogens (primary N) is 1. The van der Waals surface area contributed by atoms with Crippen molar-refractivity contribution in [2.24, 2.45) is 5.84 Å². The van der Waals surface area contributed by atoms with Crippen molar-refractivity contribution < 1.29 is 0 Å². The van der Waals surface area contributed by atoms with Crippen LogP contribution in [0.25, 0.3) is 0 Å². The lowest BCUT2D eigenvalue weighted by molar-refractivity contribution is 0.966. The van der Waals surface area contributed by atoms with Gasteiger partial charge >= 0.3 is 0 Å². The van der Waals surface area contributed by atoms with E-state index in [4.69, 9.17) is 17.4 Å². The molecule has 0 saturated heterocycles. The van der Waals surface area contributed by atoms with Crippen LogP contribution in [-0.4, -0.2) is 16.2 Å². The monoisotopic (exact) mass is 190 g/mol. The van der Waals surface area contributed by atoms with Gasteiger partial charge in [0.05, 0.1) is 6.20 Å². The first-order valence-electron chi connectivity index (χ1n) is 2.81. The van der Waals surface area contributed by atoms with E-state index in [0.29, 0.717) is 16.0 Å². The molecule has 0 atom stereocenters. The third-order valence-electron chi connectivity index (χ3n) is 1.04. The molecule has 1 heterocycles. The van der Waals surface area contributed by atoms with Gasteiger partial charge in [-0.25, -0.2) is 15.8 Å². The summed E-state index contributed by atoms with van der Waals surface area (Å²) in [5.41, 5.74) is 2.37. The Hall–Kier alpha value is -0.520. The van der Waals surface area contributed by atoms with Crippen LogP contribution in [0.4, 0.5) is 5.82 Å². The van der Waals surface area contributed by atoms with E-state index >= 15 is 0 Å². The summed E-state index contributed by atoms with van der Waals surface area (Å²) >= 11 is 7.11. The van der Waals surface area contributed by atoms with Crippen LogP contribution in [0.5, 0.6) is 0 Å². The molecule has 1 aromatic heterocycles. The minimum Gasteiger partial charge on any atom is -0.307 e. The van der Waals surface area contributed by atoms with Gasteiger partial charge in [0, 0.05) is 0 Å². The zero-order valence-electron chi connectivity index (χ0n) is 5.84. The van der Waals surface area contributed by atoms with Gasteiger partial charge in [-0.05, 0) is 6.26 Å². The Morgan fingerprint density at radius 2 is 2.45 bits per heavy atom. The standard InChI is InChI=1S/C5H7ClN4S/c1-11-5-8-2-3(6)4(9-5)10-7/h2H,7H2,1H3,(H,8,9,10). The van der Waals surface area contributed by atoms with Crippen LogP contribution in [0.3, 0.4) is 0 Å². The molecule has 0 aliphatic rings. The van der Waals surface area contributed by atoms with E-state index < -0.39 is 0 Å². The van der Waals surface area contributed by atoms with E-state index in [1.165, 1.54) is 18.0 Å². The Kier molecular flexibility index (Phi) is 2.92. The van der Waals surface area contributed by atoms with Crippen molar-refractivity contribution in [3.63, 3.8) is 0 Å². The largest absolute Gasteiger partial charge is 0.307 e. The second-order valence-electron chi connectivity index (χ2n) is 1.70. The van der Waals surface area contributed by atoms with E-state index in [-0.39, 0.29) is 0 Å². The van der Waals surface area contributed by atoms with Crippen LogP contribution < -0.4 is 11.3 Å². The normalized spacial score (nSPS) is 9.73. The van der Waals surface area contributed by atoms with E-state index in [1.54, 1.807) is 0 Å². The first-order valence-corrected chi connectivity index (χ1v) is 4.41. The first kappa shape index (κ1) is 8.58. The Bertz CT molecular complexity index is 254. The number of nitrogens with one attached hydrogen (secondary N) is 1. The van der Waals surface area contributed by atoms with Gasteiger partial charge in [0.2, 0.25) is 0 Å². The predicted octanol–water partition coefficient (Wildman–Crippen LogP) is 1.14. The number of halogens is 1. The Morgan fingerprint density at radius 3 is 3.00 bits per heavy atom. The fourth-order valence-corrected chi connectivity index (χ4v) is 1.04. The van der Waals surface area contributed by atoms with Gasteiger partial charge in [-0.15, -0.1) is 0 Å². The van der Waals surface area contributed by atoms with Gasteiger partial charge in [-0.2, -0.15) is 0 Å². The van der Waals surface area contributed by atoms with Crippen LogP contribution in [0.2, 0.25) is 5.02 Å². The summed E-state index contributed by atoms with van der Waals surface area (Å²) in [6.07, 6.45) is 3.39. The number of thioether (sulfide) groups is 1. The Labute approximate surface area is 73.5 Å². The maximum Gasteiger partial charge on any atom is 0.189 e. The van der Waals surface area contributed by atoms with E-state index in [0.717, 1.165) is 0 Å². The second-order valence-corrected chi connectivity index (χ2v) is 2.88. The maximum absolute atomic E-state index is 5.68. The fourth-order valence-electron chi connectivity index (χ4n) is 0.551. The lowest BCUT2D eigenvalue weighted by Crippen LogP contribution is -2.09. The quantitative estimate of drug-likeness (QED) is 0.317. The minimum absolute atomic E-state index is 0.422. The molecule has 3 N–H and O–H groups in total. The highest BCUT2D eigenvalue weighted by molar-refractivity contribution is 7.98. The number of hydrogen-bond acceptors (Lipinski definition) is 5. The number of nitrogen functional groups attached to an aromatic ring is 1. The lowest BCUT2D eigenvalue weighted by atomic mass is 10.6. The van der Waals surface area contributed by atoms with Crippen molar-refractivity contribution in [3.05, 3.63) is 11.2 Å². The molecule has 0 bridgehead atoms. The van der Waals surface area contributed by atoms with Crippen LogP contribution in [0, 0.1) is 0 Å². The zero-order chi connectivity index (χ0) is 8.27. The average Bonchev–Trinajstić information content (AvgIpc) is 2.05. The molecule has 60 valence electrons. The molecule has 0 amide bonds. The van der Waals surface area contributed by atoms with Crippen molar-refractivity contribution >= 4 is 29.2 Å². The van der Waals surface area contributed by atoms with Gasteiger partial charge in [-0.3, -0.25) is 0 Å². The summed E-state index contributed by atoms with van der Waals surface area (Å²) in [4.78, 5) is 7.92. The molecule has 0 spiro atoms. The third kappa shape index (κ3) is 1.95. The predicted molar refractivity (Wildman–Crippen MR) is 46.6 cm³/mol. The van der Waals surface area contributed by atoms with Crippen molar-refractivity contribution in [3.8, 4) is 0 Å². The summed E-state index contributed by atoms with van der Waals surface area (Å²) in [5, 5.41) is 1.06. The van der Waals surface area contributed by atoms with Gasteiger partial charge < -0.3 is 5.43 Å². The zero-order valence-corrected chi connectivity index (χ0v) is 7.41. The molecular formula is C5H7ClN4S. The molecule has 0 aliphatic carbocycles. The Morgan fingerprint density at radius 1 is 1.73 bits per heavy atom. The van der Waals surface area contributed by atoms with Crippen LogP contribution in [0.15, 0.2) is 11.4 Å². The summed E-state index contributed by atoms with van der Waals surface area (Å²) in [6.45, 7) is 0. The molecular weight excluding hydrogens is 184 g/mol. The molecule has 11 heavy (non-hydrogen) atoms. The lowest BCUT2D eigenvalue weighted by Gasteiger charge is -2.01. The molecule has 6 heteroatoms. The summed E-state index contributed by atoms with van der Waals surface area (Å²) in [5.74, 6) is 5.59. The number of nitrogens with zero attached hydrogens (tertiary/aromatic N) is 2. The molecule has 0 aliphatic heterocycles. The van der Waals surface area contributed by atoms with Crippen LogP contribution in [-0.2, 0) is 0 Å². The van der Waals surface area contributed by atoms with Crippen molar-refractivity contribution in [1.82, 2.24) is 9.97 Å². The van der Waals surface area contributed by atoms with Crippen LogP contribution in [0.1, 0.15) is 0 Å². The molecule has 1 aromatic rings.